The minimum absolute atomic E-state index is 0.0145. The van der Waals surface area contributed by atoms with E-state index >= 15 is 4.39 Å². The number of para-hydroxylation sites is 1. The Kier molecular flexibility index (Phi) is 8.47. The highest BCUT2D eigenvalue weighted by molar-refractivity contribution is 7.99. The predicted molar refractivity (Wildman–Crippen MR) is 159 cm³/mol. The zero-order valence-corrected chi connectivity index (χ0v) is 24.2. The van der Waals surface area contributed by atoms with Crippen molar-refractivity contribution in [2.24, 2.45) is 0 Å². The Labute approximate surface area is 242 Å². The largest absolute Gasteiger partial charge is 0.494 e. The summed E-state index contributed by atoms with van der Waals surface area (Å²) in [5.74, 6) is -1.37. The SMILES string of the molecule is COc1cccc(-c2c(C)c(Cc3c(F)cccc3F)c3n(c2=O)C(CNCc2ccccc2N(C)C)CS3)c1F. The first-order valence-corrected chi connectivity index (χ1v) is 14.3. The number of ether oxygens (including phenoxy) is 1. The van der Waals surface area contributed by atoms with E-state index < -0.39 is 17.5 Å². The molecule has 0 aliphatic carbocycles. The van der Waals surface area contributed by atoms with Crippen LogP contribution in [0.5, 0.6) is 5.75 Å². The monoisotopic (exact) mass is 579 g/mol. The molecule has 3 aromatic carbocycles. The number of benzene rings is 3. The molecule has 1 N–H and O–H groups in total. The lowest BCUT2D eigenvalue weighted by molar-refractivity contribution is 0.387. The van der Waals surface area contributed by atoms with Gasteiger partial charge in [0.2, 0.25) is 0 Å². The van der Waals surface area contributed by atoms with Crippen molar-refractivity contribution in [3.05, 3.63) is 111 Å². The van der Waals surface area contributed by atoms with Gasteiger partial charge in [-0.1, -0.05) is 36.4 Å². The van der Waals surface area contributed by atoms with Gasteiger partial charge < -0.3 is 15.0 Å². The number of hydrogen-bond acceptors (Lipinski definition) is 5. The van der Waals surface area contributed by atoms with E-state index in [1.165, 1.54) is 49.2 Å². The number of nitrogens with one attached hydrogen (secondary N) is 1. The zero-order valence-electron chi connectivity index (χ0n) is 23.4. The number of thioether (sulfide) groups is 1. The van der Waals surface area contributed by atoms with Crippen LogP contribution in [0.3, 0.4) is 0 Å². The highest BCUT2D eigenvalue weighted by Crippen LogP contribution is 2.40. The van der Waals surface area contributed by atoms with Crippen molar-refractivity contribution in [1.82, 2.24) is 9.88 Å². The van der Waals surface area contributed by atoms with E-state index in [4.69, 9.17) is 4.74 Å². The molecule has 5 rings (SSSR count). The second-order valence-corrected chi connectivity index (χ2v) is 11.3. The second kappa shape index (κ2) is 12.0. The number of hydrogen-bond donors (Lipinski definition) is 1. The lowest BCUT2D eigenvalue weighted by Gasteiger charge is -2.22. The van der Waals surface area contributed by atoms with Gasteiger partial charge in [-0.25, -0.2) is 13.2 Å². The van der Waals surface area contributed by atoms with Crippen LogP contribution in [0.25, 0.3) is 11.1 Å². The van der Waals surface area contributed by atoms with Crippen molar-refractivity contribution in [3.8, 4) is 16.9 Å². The number of rotatable bonds is 9. The van der Waals surface area contributed by atoms with Gasteiger partial charge in [0, 0.05) is 56.2 Å². The van der Waals surface area contributed by atoms with Crippen molar-refractivity contribution < 1.29 is 17.9 Å². The Morgan fingerprint density at radius 3 is 2.41 bits per heavy atom. The van der Waals surface area contributed by atoms with E-state index in [0.717, 1.165) is 11.3 Å². The topological polar surface area (TPSA) is 46.5 Å². The summed E-state index contributed by atoms with van der Waals surface area (Å²) in [7, 11) is 5.34. The molecule has 2 heterocycles. The van der Waals surface area contributed by atoms with Crippen LogP contribution in [-0.2, 0) is 13.0 Å². The zero-order chi connectivity index (χ0) is 29.3. The molecule has 214 valence electrons. The van der Waals surface area contributed by atoms with Crippen LogP contribution < -0.4 is 20.5 Å². The van der Waals surface area contributed by atoms with E-state index in [0.29, 0.717) is 35.0 Å². The van der Waals surface area contributed by atoms with Gasteiger partial charge in [-0.2, -0.15) is 0 Å². The lowest BCUT2D eigenvalue weighted by atomic mass is 9.94. The summed E-state index contributed by atoms with van der Waals surface area (Å²) in [6.07, 6.45) is -0.0676. The molecule has 0 saturated heterocycles. The first kappa shape index (κ1) is 28.8. The Morgan fingerprint density at radius 1 is 1.00 bits per heavy atom. The predicted octanol–water partition coefficient (Wildman–Crippen LogP) is 6.34. The maximum atomic E-state index is 15.5. The molecule has 1 atom stereocenters. The lowest BCUT2D eigenvalue weighted by Crippen LogP contribution is -2.33. The highest BCUT2D eigenvalue weighted by atomic mass is 32.2. The molecule has 5 nitrogen and oxygen atoms in total. The quantitative estimate of drug-likeness (QED) is 0.251. The van der Waals surface area contributed by atoms with E-state index in [9.17, 15) is 13.6 Å². The number of anilines is 1. The fourth-order valence-electron chi connectivity index (χ4n) is 5.45. The maximum absolute atomic E-state index is 15.5. The molecule has 1 aliphatic rings. The summed E-state index contributed by atoms with van der Waals surface area (Å²) in [4.78, 5) is 16.2. The Bertz CT molecular complexity index is 1630. The number of pyridine rings is 1. The fraction of sp³-hybridized carbons (Fsp3) is 0.281. The average molecular weight is 580 g/mol. The third kappa shape index (κ3) is 5.48. The summed E-state index contributed by atoms with van der Waals surface area (Å²) in [5, 5.41) is 4.14. The van der Waals surface area contributed by atoms with Crippen molar-refractivity contribution in [2.45, 2.75) is 31.0 Å². The molecule has 1 unspecified atom stereocenters. The van der Waals surface area contributed by atoms with Crippen molar-refractivity contribution in [2.75, 3.05) is 38.4 Å². The molecule has 0 saturated carbocycles. The van der Waals surface area contributed by atoms with Crippen LogP contribution in [0.2, 0.25) is 0 Å². The maximum Gasteiger partial charge on any atom is 0.260 e. The number of fused-ring (bicyclic) bond motifs is 1. The minimum Gasteiger partial charge on any atom is -0.494 e. The number of halogens is 3. The van der Waals surface area contributed by atoms with Crippen molar-refractivity contribution in [1.29, 1.82) is 0 Å². The van der Waals surface area contributed by atoms with Crippen LogP contribution in [0, 0.1) is 24.4 Å². The smallest absolute Gasteiger partial charge is 0.260 e. The van der Waals surface area contributed by atoms with Gasteiger partial charge in [0.05, 0.1) is 23.7 Å². The number of nitrogens with zero attached hydrogens (tertiary/aromatic N) is 2. The van der Waals surface area contributed by atoms with Gasteiger partial charge >= 0.3 is 0 Å². The molecular weight excluding hydrogens is 547 g/mol. The molecule has 0 radical (unpaired) electrons. The molecule has 0 spiro atoms. The molecule has 9 heteroatoms. The molecule has 0 fully saturated rings. The van der Waals surface area contributed by atoms with Gasteiger partial charge in [-0.15, -0.1) is 11.8 Å². The second-order valence-electron chi connectivity index (χ2n) is 10.3. The van der Waals surface area contributed by atoms with Gasteiger partial charge in [0.15, 0.2) is 11.6 Å². The summed E-state index contributed by atoms with van der Waals surface area (Å²) in [6.45, 7) is 2.79. The van der Waals surface area contributed by atoms with Crippen LogP contribution in [0.4, 0.5) is 18.9 Å². The molecule has 0 amide bonds. The Balaban J connectivity index is 1.59. The number of methoxy groups -OCH3 is 1. The molecule has 41 heavy (non-hydrogen) atoms. The molecule has 4 aromatic rings. The van der Waals surface area contributed by atoms with Crippen LogP contribution in [0.15, 0.2) is 70.5 Å². The Hall–Kier alpha value is -3.69. The van der Waals surface area contributed by atoms with Gasteiger partial charge in [0.1, 0.15) is 11.6 Å². The van der Waals surface area contributed by atoms with Gasteiger partial charge in [0.25, 0.3) is 5.56 Å². The number of aromatic nitrogens is 1. The molecule has 1 aliphatic heterocycles. The van der Waals surface area contributed by atoms with Gasteiger partial charge in [-0.05, 0) is 47.9 Å². The molecule has 0 bridgehead atoms. The Morgan fingerprint density at radius 2 is 1.71 bits per heavy atom. The first-order valence-electron chi connectivity index (χ1n) is 13.3. The minimum atomic E-state index is -0.663. The molecular formula is C32H32F3N3O2S. The highest BCUT2D eigenvalue weighted by Gasteiger charge is 2.32. The summed E-state index contributed by atoms with van der Waals surface area (Å²) in [5.41, 5.74) is 3.16. The average Bonchev–Trinajstić information content (AvgIpc) is 3.37. The summed E-state index contributed by atoms with van der Waals surface area (Å²) >= 11 is 1.48. The van der Waals surface area contributed by atoms with Crippen LogP contribution in [-0.4, -0.2) is 38.1 Å². The third-order valence-corrected chi connectivity index (χ3v) is 8.82. The summed E-state index contributed by atoms with van der Waals surface area (Å²) < 4.78 is 51.9. The van der Waals surface area contributed by atoms with Crippen LogP contribution in [0.1, 0.15) is 28.3 Å². The van der Waals surface area contributed by atoms with E-state index in [-0.39, 0.29) is 40.5 Å². The standard InChI is InChI=1S/C32H32F3N3O2S/c1-19-23(15-24-25(33)11-8-12-26(24)34)32-38(31(39)29(19)22-10-7-14-28(40-4)30(22)35)21(18-41-32)17-36-16-20-9-5-6-13-27(20)37(2)3/h5-14,21,36H,15-18H2,1-4H3. The fourth-order valence-corrected chi connectivity index (χ4v) is 6.84. The normalized spacial score (nSPS) is 14.3. The van der Waals surface area contributed by atoms with E-state index in [1.54, 1.807) is 17.6 Å². The first-order chi connectivity index (χ1) is 19.7. The summed E-state index contributed by atoms with van der Waals surface area (Å²) in [6, 6.07) is 16.3. The van der Waals surface area contributed by atoms with Crippen molar-refractivity contribution in [3.63, 3.8) is 0 Å². The molecule has 1 aromatic heterocycles. The van der Waals surface area contributed by atoms with Crippen molar-refractivity contribution >= 4 is 17.4 Å². The van der Waals surface area contributed by atoms with E-state index in [2.05, 4.69) is 11.4 Å². The van der Waals surface area contributed by atoms with E-state index in [1.807, 2.05) is 37.2 Å². The van der Waals surface area contributed by atoms with Gasteiger partial charge in [-0.3, -0.25) is 9.36 Å². The van der Waals surface area contributed by atoms with Crippen LogP contribution >= 0.6 is 11.8 Å². The third-order valence-electron chi connectivity index (χ3n) is 7.55.